The maximum absolute atomic E-state index is 12.6. The summed E-state index contributed by atoms with van der Waals surface area (Å²) in [6, 6.07) is 16.7. The third-order valence-electron chi connectivity index (χ3n) is 6.37. The number of carbonyl (C=O) groups excluding carboxylic acids is 2. The molecule has 0 radical (unpaired) electrons. The van der Waals surface area contributed by atoms with Gasteiger partial charge in [-0.2, -0.15) is 0 Å². The molecular weight excluding hydrogens is 462 g/mol. The number of amides is 2. The highest BCUT2D eigenvalue weighted by Gasteiger charge is 2.25. The number of furan rings is 1. The number of fused-ring (bicyclic) bond motifs is 1. The van der Waals surface area contributed by atoms with Crippen molar-refractivity contribution in [1.82, 2.24) is 4.57 Å². The van der Waals surface area contributed by atoms with Crippen molar-refractivity contribution < 1.29 is 29.0 Å². The van der Waals surface area contributed by atoms with Crippen molar-refractivity contribution in [2.75, 3.05) is 0 Å². The molecule has 36 heavy (non-hydrogen) atoms. The Morgan fingerprint density at radius 3 is 2.39 bits per heavy atom. The van der Waals surface area contributed by atoms with Crippen molar-refractivity contribution >= 4 is 22.6 Å². The summed E-state index contributed by atoms with van der Waals surface area (Å²) in [7, 11) is 0. The van der Waals surface area contributed by atoms with Crippen molar-refractivity contribution in [3.8, 4) is 17.5 Å². The van der Waals surface area contributed by atoms with Crippen LogP contribution in [0, 0.1) is 0 Å². The normalized spacial score (nSPS) is 14.4. The molecule has 9 heteroatoms. The Kier molecular flexibility index (Phi) is 6.53. The fraction of sp³-hybridized carbons (Fsp3) is 0.259. The minimum atomic E-state index is -0.806. The maximum Gasteiger partial charge on any atom is 0.331 e. The van der Waals surface area contributed by atoms with Crippen molar-refractivity contribution in [3.63, 3.8) is 0 Å². The molecule has 0 saturated heterocycles. The van der Waals surface area contributed by atoms with E-state index >= 15 is 0 Å². The third kappa shape index (κ3) is 4.72. The van der Waals surface area contributed by atoms with E-state index in [0.29, 0.717) is 22.3 Å². The Labute approximate surface area is 206 Å². The Morgan fingerprint density at radius 1 is 0.889 bits per heavy atom. The zero-order valence-electron chi connectivity index (χ0n) is 19.5. The van der Waals surface area contributed by atoms with Crippen LogP contribution >= 0.6 is 0 Å². The quantitative estimate of drug-likeness (QED) is 0.314. The zero-order valence-corrected chi connectivity index (χ0v) is 19.5. The van der Waals surface area contributed by atoms with Crippen LogP contribution in [-0.2, 0) is 6.61 Å². The Bertz CT molecular complexity index is 1430. The molecule has 2 aromatic heterocycles. The summed E-state index contributed by atoms with van der Waals surface area (Å²) >= 11 is 0. The number of azo groups is 1. The highest BCUT2D eigenvalue weighted by molar-refractivity contribution is 6.02. The average Bonchev–Trinajstić information content (AvgIpc) is 3.49. The van der Waals surface area contributed by atoms with Crippen LogP contribution in [0.4, 0.5) is 0 Å². The number of benzene rings is 2. The molecule has 1 aliphatic rings. The summed E-state index contributed by atoms with van der Waals surface area (Å²) in [4.78, 5) is 24.9. The van der Waals surface area contributed by atoms with Crippen molar-refractivity contribution in [2.24, 2.45) is 10.2 Å². The highest BCUT2D eigenvalue weighted by atomic mass is 16.5. The molecule has 2 amide bonds. The van der Waals surface area contributed by atoms with Gasteiger partial charge in [0, 0.05) is 22.4 Å². The van der Waals surface area contributed by atoms with Gasteiger partial charge in [0.25, 0.3) is 5.91 Å². The minimum absolute atomic E-state index is 0.0129. The predicted octanol–water partition coefficient (Wildman–Crippen LogP) is 6.16. The van der Waals surface area contributed by atoms with E-state index in [1.54, 1.807) is 28.8 Å². The van der Waals surface area contributed by atoms with Gasteiger partial charge in [-0.15, -0.1) is 5.11 Å². The molecule has 0 atom stereocenters. The Morgan fingerprint density at radius 2 is 1.61 bits per heavy atom. The number of ether oxygens (including phenoxy) is 1. The van der Waals surface area contributed by atoms with Gasteiger partial charge in [0.1, 0.15) is 18.1 Å². The number of aromatic hydroxyl groups is 2. The number of nitrogens with zero attached hydrogens (tertiary/aromatic N) is 3. The molecule has 0 unspecified atom stereocenters. The average molecular weight is 488 g/mol. The van der Waals surface area contributed by atoms with E-state index in [1.165, 1.54) is 18.2 Å². The van der Waals surface area contributed by atoms with Crippen LogP contribution < -0.4 is 4.74 Å². The molecule has 184 valence electrons. The van der Waals surface area contributed by atoms with Crippen LogP contribution in [0.1, 0.15) is 64.8 Å². The standard InChI is InChI=1S/C27H25N3O6/c31-24(28-29-25(32)23-14-12-20(36-23)16-35-19-9-5-2-6-10-19)17-11-13-21-22(15-17)27(34)30(26(21)33)18-7-3-1-4-8-18/h2,5-6,9-15,18,33-34H,1,3-4,7-8,16H2. The van der Waals surface area contributed by atoms with E-state index in [-0.39, 0.29) is 35.7 Å². The molecule has 9 nitrogen and oxygen atoms in total. The zero-order chi connectivity index (χ0) is 25.1. The Balaban J connectivity index is 1.27. The van der Waals surface area contributed by atoms with Crippen molar-refractivity contribution in [2.45, 2.75) is 44.8 Å². The Hall–Kier alpha value is -4.40. The molecule has 4 aromatic rings. The molecule has 5 rings (SSSR count). The molecule has 2 N–H and O–H groups in total. The van der Waals surface area contributed by atoms with Gasteiger partial charge in [-0.05, 0) is 55.3 Å². The van der Waals surface area contributed by atoms with Crippen LogP contribution in [0.25, 0.3) is 10.8 Å². The van der Waals surface area contributed by atoms with Crippen molar-refractivity contribution in [1.29, 1.82) is 0 Å². The first-order chi connectivity index (χ1) is 17.5. The fourth-order valence-electron chi connectivity index (χ4n) is 4.54. The van der Waals surface area contributed by atoms with Gasteiger partial charge in [-0.25, -0.2) is 0 Å². The van der Waals surface area contributed by atoms with Gasteiger partial charge in [-0.3, -0.25) is 14.2 Å². The molecule has 2 aromatic carbocycles. The number of para-hydroxylation sites is 1. The maximum atomic E-state index is 12.6. The molecular formula is C27H25N3O6. The lowest BCUT2D eigenvalue weighted by molar-refractivity contribution is 0.0929. The lowest BCUT2D eigenvalue weighted by atomic mass is 9.95. The predicted molar refractivity (Wildman–Crippen MR) is 130 cm³/mol. The lowest BCUT2D eigenvalue weighted by Gasteiger charge is -2.24. The molecule has 0 spiro atoms. The molecule has 2 heterocycles. The van der Waals surface area contributed by atoms with Gasteiger partial charge in [0.2, 0.25) is 11.8 Å². The first-order valence-electron chi connectivity index (χ1n) is 11.8. The number of aromatic nitrogens is 1. The number of carbonyl (C=O) groups is 2. The van der Waals surface area contributed by atoms with Crippen LogP contribution in [0.5, 0.6) is 17.5 Å². The first kappa shape index (κ1) is 23.3. The van der Waals surface area contributed by atoms with Gasteiger partial charge < -0.3 is 19.4 Å². The highest BCUT2D eigenvalue weighted by Crippen LogP contribution is 2.43. The van der Waals surface area contributed by atoms with Gasteiger partial charge in [-0.1, -0.05) is 42.6 Å². The van der Waals surface area contributed by atoms with E-state index in [4.69, 9.17) is 9.15 Å². The second-order valence-corrected chi connectivity index (χ2v) is 8.75. The van der Waals surface area contributed by atoms with E-state index in [0.717, 1.165) is 32.1 Å². The SMILES string of the molecule is O=C(N=NC(=O)c1ccc(COc2ccccc2)o1)c1ccc2c(O)n(C3CCCCC3)c(O)c2c1. The third-order valence-corrected chi connectivity index (χ3v) is 6.37. The summed E-state index contributed by atoms with van der Waals surface area (Å²) < 4.78 is 12.6. The fourth-order valence-corrected chi connectivity index (χ4v) is 4.54. The second kappa shape index (κ2) is 10.1. The van der Waals surface area contributed by atoms with Gasteiger partial charge in [0.05, 0.1) is 0 Å². The summed E-state index contributed by atoms with van der Waals surface area (Å²) in [6.07, 6.45) is 4.96. The largest absolute Gasteiger partial charge is 0.494 e. The van der Waals surface area contributed by atoms with E-state index in [9.17, 15) is 19.8 Å². The molecule has 0 bridgehead atoms. The number of hydrogen-bond acceptors (Lipinski definition) is 6. The van der Waals surface area contributed by atoms with E-state index in [1.807, 2.05) is 18.2 Å². The number of rotatable bonds is 6. The molecule has 0 aliphatic heterocycles. The van der Waals surface area contributed by atoms with E-state index < -0.39 is 11.8 Å². The van der Waals surface area contributed by atoms with Gasteiger partial charge >= 0.3 is 5.91 Å². The van der Waals surface area contributed by atoms with Crippen LogP contribution in [0.3, 0.4) is 0 Å². The molecule has 1 fully saturated rings. The monoisotopic (exact) mass is 487 g/mol. The van der Waals surface area contributed by atoms with Crippen LogP contribution in [0.15, 0.2) is 75.3 Å². The molecule has 1 saturated carbocycles. The lowest BCUT2D eigenvalue weighted by Crippen LogP contribution is -2.11. The van der Waals surface area contributed by atoms with Crippen molar-refractivity contribution in [3.05, 3.63) is 77.7 Å². The van der Waals surface area contributed by atoms with E-state index in [2.05, 4.69) is 10.2 Å². The summed E-state index contributed by atoms with van der Waals surface area (Å²) in [5.41, 5.74) is 0.131. The second-order valence-electron chi connectivity index (χ2n) is 8.75. The first-order valence-corrected chi connectivity index (χ1v) is 11.8. The topological polar surface area (TPSA) is 127 Å². The van der Waals surface area contributed by atoms with Crippen LogP contribution in [-0.4, -0.2) is 26.6 Å². The van der Waals surface area contributed by atoms with Crippen LogP contribution in [0.2, 0.25) is 0 Å². The summed E-state index contributed by atoms with van der Waals surface area (Å²) in [5, 5.41) is 29.3. The summed E-state index contributed by atoms with van der Waals surface area (Å²) in [5.74, 6) is -0.647. The molecule has 1 aliphatic carbocycles. The number of hydrogen-bond donors (Lipinski definition) is 2. The summed E-state index contributed by atoms with van der Waals surface area (Å²) in [6.45, 7) is 0.129. The smallest absolute Gasteiger partial charge is 0.331 e. The minimum Gasteiger partial charge on any atom is -0.494 e. The van der Waals surface area contributed by atoms with Gasteiger partial charge in [0.15, 0.2) is 5.76 Å².